The lowest BCUT2D eigenvalue weighted by Crippen LogP contribution is -2.47. The summed E-state index contributed by atoms with van der Waals surface area (Å²) in [6.07, 6.45) is 3.31. The Labute approximate surface area is 165 Å². The van der Waals surface area contributed by atoms with Crippen molar-refractivity contribution in [3.63, 3.8) is 0 Å². The summed E-state index contributed by atoms with van der Waals surface area (Å²) < 4.78 is 7.49. The molecule has 7 nitrogen and oxygen atoms in total. The van der Waals surface area contributed by atoms with Gasteiger partial charge in [0.2, 0.25) is 0 Å². The van der Waals surface area contributed by atoms with Crippen LogP contribution in [-0.4, -0.2) is 34.6 Å². The Bertz CT molecular complexity index is 908. The Balaban J connectivity index is 1.52. The molecule has 7 heteroatoms. The van der Waals surface area contributed by atoms with E-state index in [1.165, 1.54) is 5.69 Å². The first-order valence-corrected chi connectivity index (χ1v) is 9.84. The smallest absolute Gasteiger partial charge is 0.407 e. The molecule has 0 saturated heterocycles. The van der Waals surface area contributed by atoms with Gasteiger partial charge in [0.05, 0.1) is 35.3 Å². The molecule has 2 aliphatic rings. The van der Waals surface area contributed by atoms with Gasteiger partial charge in [-0.1, -0.05) is 12.1 Å². The van der Waals surface area contributed by atoms with Crippen molar-refractivity contribution >= 4 is 17.5 Å². The van der Waals surface area contributed by atoms with E-state index in [2.05, 4.69) is 34.9 Å². The minimum atomic E-state index is -0.483. The Morgan fingerprint density at radius 2 is 2.00 bits per heavy atom. The average molecular weight is 383 g/mol. The molecule has 28 heavy (non-hydrogen) atoms. The van der Waals surface area contributed by atoms with Crippen LogP contribution in [0.5, 0.6) is 0 Å². The van der Waals surface area contributed by atoms with E-state index >= 15 is 0 Å². The van der Waals surface area contributed by atoms with Gasteiger partial charge in [-0.15, -0.1) is 0 Å². The predicted octanol–water partition coefficient (Wildman–Crippen LogP) is 3.87. The number of nitrogens with two attached hydrogens (primary N) is 1. The molecule has 3 N–H and O–H groups in total. The van der Waals surface area contributed by atoms with Crippen LogP contribution in [0.25, 0.3) is 11.1 Å². The number of nitrogen functional groups attached to an aromatic ring is 1. The van der Waals surface area contributed by atoms with Crippen molar-refractivity contribution in [3.8, 4) is 11.1 Å². The summed E-state index contributed by atoms with van der Waals surface area (Å²) in [5.41, 5.74) is 11.1. The first-order chi connectivity index (χ1) is 13.2. The molecule has 1 aliphatic carbocycles. The van der Waals surface area contributed by atoms with Crippen LogP contribution in [0.1, 0.15) is 58.3 Å². The monoisotopic (exact) mass is 383 g/mol. The van der Waals surface area contributed by atoms with Crippen molar-refractivity contribution < 1.29 is 9.53 Å². The SMILES string of the molecule is CC1c2c(cnn2C2CC(NC(=O)OC(C)(C)C)C2)-c2cccc(N)c2N1C. The van der Waals surface area contributed by atoms with E-state index in [0.717, 1.165) is 35.3 Å². The quantitative estimate of drug-likeness (QED) is 0.769. The summed E-state index contributed by atoms with van der Waals surface area (Å²) in [5, 5.41) is 7.67. The Kier molecular flexibility index (Phi) is 4.28. The van der Waals surface area contributed by atoms with Gasteiger partial charge in [0, 0.05) is 24.2 Å². The zero-order chi connectivity index (χ0) is 20.2. The van der Waals surface area contributed by atoms with Gasteiger partial charge in [-0.05, 0) is 46.6 Å². The third-order valence-electron chi connectivity index (χ3n) is 5.70. The molecule has 4 rings (SSSR count). The van der Waals surface area contributed by atoms with E-state index < -0.39 is 5.60 Å². The van der Waals surface area contributed by atoms with Crippen LogP contribution in [0.3, 0.4) is 0 Å². The number of hydrogen-bond acceptors (Lipinski definition) is 5. The highest BCUT2D eigenvalue weighted by Gasteiger charge is 2.38. The van der Waals surface area contributed by atoms with Gasteiger partial charge in [-0.25, -0.2) is 4.79 Å². The molecule has 1 saturated carbocycles. The molecule has 2 aromatic rings. The Morgan fingerprint density at radius 3 is 2.68 bits per heavy atom. The van der Waals surface area contributed by atoms with Gasteiger partial charge in [-0.2, -0.15) is 5.10 Å². The summed E-state index contributed by atoms with van der Waals surface area (Å²) in [6, 6.07) is 6.61. The number of carbonyl (C=O) groups excluding carboxylic acids is 1. The topological polar surface area (TPSA) is 85.4 Å². The van der Waals surface area contributed by atoms with Crippen LogP contribution in [0.15, 0.2) is 24.4 Å². The number of para-hydroxylation sites is 1. The van der Waals surface area contributed by atoms with Crippen LogP contribution < -0.4 is 16.0 Å². The number of hydrogen-bond donors (Lipinski definition) is 2. The van der Waals surface area contributed by atoms with E-state index in [1.807, 2.05) is 39.1 Å². The molecule has 2 heterocycles. The van der Waals surface area contributed by atoms with E-state index in [0.29, 0.717) is 0 Å². The number of benzene rings is 1. The van der Waals surface area contributed by atoms with Gasteiger partial charge in [-0.3, -0.25) is 4.68 Å². The molecule has 1 unspecified atom stereocenters. The van der Waals surface area contributed by atoms with E-state index in [4.69, 9.17) is 15.6 Å². The normalized spacial score (nSPS) is 23.5. The third-order valence-corrected chi connectivity index (χ3v) is 5.70. The number of amides is 1. The lowest BCUT2D eigenvalue weighted by molar-refractivity contribution is 0.0451. The minimum Gasteiger partial charge on any atom is -0.444 e. The Hall–Kier alpha value is -2.70. The van der Waals surface area contributed by atoms with Gasteiger partial charge in [0.15, 0.2) is 0 Å². The van der Waals surface area contributed by atoms with Gasteiger partial charge >= 0.3 is 6.09 Å². The average Bonchev–Trinajstić information content (AvgIpc) is 2.98. The summed E-state index contributed by atoms with van der Waals surface area (Å²) in [5.74, 6) is 0. The molecular weight excluding hydrogens is 354 g/mol. The second-order valence-corrected chi connectivity index (χ2v) is 8.89. The molecule has 0 bridgehead atoms. The number of nitrogens with zero attached hydrogens (tertiary/aromatic N) is 3. The van der Waals surface area contributed by atoms with Crippen molar-refractivity contribution in [3.05, 3.63) is 30.1 Å². The number of nitrogens with one attached hydrogen (secondary N) is 1. The number of aromatic nitrogens is 2. The van der Waals surface area contributed by atoms with Crippen molar-refractivity contribution in [2.24, 2.45) is 0 Å². The fourth-order valence-electron chi connectivity index (χ4n) is 4.22. The van der Waals surface area contributed by atoms with Gasteiger partial charge in [0.1, 0.15) is 5.60 Å². The van der Waals surface area contributed by atoms with E-state index in [1.54, 1.807) is 0 Å². The summed E-state index contributed by atoms with van der Waals surface area (Å²) in [4.78, 5) is 14.2. The van der Waals surface area contributed by atoms with Crippen molar-refractivity contribution in [1.29, 1.82) is 0 Å². The third kappa shape index (κ3) is 3.08. The van der Waals surface area contributed by atoms with Crippen molar-refractivity contribution in [2.75, 3.05) is 17.7 Å². The van der Waals surface area contributed by atoms with Gasteiger partial charge < -0.3 is 20.7 Å². The number of anilines is 2. The molecule has 1 amide bonds. The zero-order valence-electron chi connectivity index (χ0n) is 17.2. The molecule has 1 atom stereocenters. The maximum atomic E-state index is 12.0. The standard InChI is InChI=1S/C21H29N5O2/c1-12-18-16(15-7-6-8-17(22)19(15)25(12)5)11-23-26(18)14-9-13(10-14)24-20(27)28-21(2,3)4/h6-8,11-14H,9-10,22H2,1-5H3,(H,24,27). The maximum Gasteiger partial charge on any atom is 0.407 e. The Morgan fingerprint density at radius 1 is 1.29 bits per heavy atom. The fourth-order valence-corrected chi connectivity index (χ4v) is 4.22. The first-order valence-electron chi connectivity index (χ1n) is 9.84. The number of rotatable bonds is 2. The molecule has 0 spiro atoms. The van der Waals surface area contributed by atoms with Crippen LogP contribution in [0, 0.1) is 0 Å². The summed E-state index contributed by atoms with van der Waals surface area (Å²) in [6.45, 7) is 7.79. The molecular formula is C21H29N5O2. The molecule has 1 aromatic heterocycles. The van der Waals surface area contributed by atoms with Crippen LogP contribution >= 0.6 is 0 Å². The number of fused-ring (bicyclic) bond motifs is 3. The highest BCUT2D eigenvalue weighted by Crippen LogP contribution is 2.48. The number of alkyl carbamates (subject to hydrolysis) is 1. The van der Waals surface area contributed by atoms with Gasteiger partial charge in [0.25, 0.3) is 0 Å². The number of ether oxygens (including phenoxy) is 1. The van der Waals surface area contributed by atoms with Crippen LogP contribution in [-0.2, 0) is 4.74 Å². The lowest BCUT2D eigenvalue weighted by Gasteiger charge is -2.40. The minimum absolute atomic E-state index is 0.124. The molecule has 1 aliphatic heterocycles. The number of carbonyl (C=O) groups is 1. The van der Waals surface area contributed by atoms with E-state index in [-0.39, 0.29) is 24.2 Å². The summed E-state index contributed by atoms with van der Waals surface area (Å²) in [7, 11) is 2.08. The zero-order valence-corrected chi connectivity index (χ0v) is 17.2. The van der Waals surface area contributed by atoms with Crippen LogP contribution in [0.2, 0.25) is 0 Å². The maximum absolute atomic E-state index is 12.0. The summed E-state index contributed by atoms with van der Waals surface area (Å²) >= 11 is 0. The fraction of sp³-hybridized carbons (Fsp3) is 0.524. The molecule has 1 fully saturated rings. The second kappa shape index (κ2) is 6.43. The highest BCUT2D eigenvalue weighted by atomic mass is 16.6. The lowest BCUT2D eigenvalue weighted by atomic mass is 9.86. The van der Waals surface area contributed by atoms with E-state index in [9.17, 15) is 4.79 Å². The van der Waals surface area contributed by atoms with Crippen LogP contribution in [0.4, 0.5) is 16.2 Å². The second-order valence-electron chi connectivity index (χ2n) is 8.89. The predicted molar refractivity (Wildman–Crippen MR) is 110 cm³/mol. The highest BCUT2D eigenvalue weighted by molar-refractivity contribution is 5.90. The van der Waals surface area contributed by atoms with Crippen molar-refractivity contribution in [2.45, 2.75) is 64.3 Å². The molecule has 1 aromatic carbocycles. The first kappa shape index (κ1) is 18.7. The molecule has 150 valence electrons. The molecule has 0 radical (unpaired) electrons. The van der Waals surface area contributed by atoms with Crippen molar-refractivity contribution in [1.82, 2.24) is 15.1 Å². The largest absolute Gasteiger partial charge is 0.444 e.